The van der Waals surface area contributed by atoms with E-state index in [0.29, 0.717) is 22.5 Å². The van der Waals surface area contributed by atoms with Crippen LogP contribution < -0.4 is 16.2 Å². The minimum atomic E-state index is -0.0270. The van der Waals surface area contributed by atoms with Crippen molar-refractivity contribution >= 4 is 40.5 Å². The SMILES string of the molecule is O=C(CCC1CCCCC1)NNC(=S)Nc1cccc(Cl)c1. The third kappa shape index (κ3) is 6.20. The van der Waals surface area contributed by atoms with Crippen LogP contribution in [-0.2, 0) is 4.79 Å². The van der Waals surface area contributed by atoms with Gasteiger partial charge in [-0.05, 0) is 42.8 Å². The van der Waals surface area contributed by atoms with Crippen molar-refractivity contribution in [2.45, 2.75) is 44.9 Å². The molecule has 1 aromatic rings. The van der Waals surface area contributed by atoms with Gasteiger partial charge in [-0.2, -0.15) is 0 Å². The fraction of sp³-hybridized carbons (Fsp3) is 0.500. The molecule has 2 rings (SSSR count). The smallest absolute Gasteiger partial charge is 0.238 e. The van der Waals surface area contributed by atoms with E-state index in [9.17, 15) is 4.79 Å². The summed E-state index contributed by atoms with van der Waals surface area (Å²) in [4.78, 5) is 11.8. The van der Waals surface area contributed by atoms with Crippen LogP contribution in [0.2, 0.25) is 5.02 Å². The van der Waals surface area contributed by atoms with E-state index in [1.807, 2.05) is 12.1 Å². The van der Waals surface area contributed by atoms with Gasteiger partial charge in [0, 0.05) is 17.1 Å². The summed E-state index contributed by atoms with van der Waals surface area (Å²) in [6.07, 6.45) is 7.97. The largest absolute Gasteiger partial charge is 0.331 e. The van der Waals surface area contributed by atoms with Crippen LogP contribution in [0.1, 0.15) is 44.9 Å². The number of rotatable bonds is 4. The number of hydrogen-bond acceptors (Lipinski definition) is 2. The maximum absolute atomic E-state index is 11.8. The number of anilines is 1. The molecule has 1 aliphatic rings. The predicted molar refractivity (Wildman–Crippen MR) is 94.8 cm³/mol. The van der Waals surface area contributed by atoms with Crippen LogP contribution in [0.15, 0.2) is 24.3 Å². The molecule has 1 aromatic carbocycles. The van der Waals surface area contributed by atoms with Gasteiger partial charge in [-0.3, -0.25) is 15.6 Å². The Morgan fingerprint density at radius 1 is 1.23 bits per heavy atom. The van der Waals surface area contributed by atoms with Crippen molar-refractivity contribution in [3.8, 4) is 0 Å². The maximum atomic E-state index is 11.8. The Bertz CT molecular complexity index is 518. The molecule has 0 heterocycles. The molecule has 22 heavy (non-hydrogen) atoms. The fourth-order valence-corrected chi connectivity index (χ4v) is 3.09. The first-order valence-electron chi connectivity index (χ1n) is 7.75. The first-order chi connectivity index (χ1) is 10.6. The Kier molecular flexibility index (Phi) is 6.93. The molecule has 120 valence electrons. The molecule has 3 N–H and O–H groups in total. The van der Waals surface area contributed by atoms with Gasteiger partial charge in [-0.25, -0.2) is 0 Å². The zero-order valence-corrected chi connectivity index (χ0v) is 14.1. The van der Waals surface area contributed by atoms with E-state index in [2.05, 4.69) is 16.2 Å². The van der Waals surface area contributed by atoms with Crippen LogP contribution in [0, 0.1) is 5.92 Å². The Morgan fingerprint density at radius 2 is 2.00 bits per heavy atom. The van der Waals surface area contributed by atoms with Crippen LogP contribution in [0.5, 0.6) is 0 Å². The summed E-state index contributed by atoms with van der Waals surface area (Å²) in [5.74, 6) is 0.678. The average molecular weight is 340 g/mol. The van der Waals surface area contributed by atoms with Gasteiger partial charge < -0.3 is 5.32 Å². The summed E-state index contributed by atoms with van der Waals surface area (Å²) in [5.41, 5.74) is 6.13. The van der Waals surface area contributed by atoms with E-state index in [-0.39, 0.29) is 5.91 Å². The Morgan fingerprint density at radius 3 is 2.73 bits per heavy atom. The van der Waals surface area contributed by atoms with Crippen molar-refractivity contribution in [3.05, 3.63) is 29.3 Å². The van der Waals surface area contributed by atoms with Crippen molar-refractivity contribution in [1.29, 1.82) is 0 Å². The lowest BCUT2D eigenvalue weighted by Gasteiger charge is -2.21. The van der Waals surface area contributed by atoms with Crippen LogP contribution in [0.25, 0.3) is 0 Å². The van der Waals surface area contributed by atoms with Gasteiger partial charge in [0.2, 0.25) is 5.91 Å². The summed E-state index contributed by atoms with van der Waals surface area (Å²) in [7, 11) is 0. The number of nitrogens with one attached hydrogen (secondary N) is 3. The molecule has 0 aromatic heterocycles. The molecule has 0 radical (unpaired) electrons. The van der Waals surface area contributed by atoms with Crippen molar-refractivity contribution < 1.29 is 4.79 Å². The highest BCUT2D eigenvalue weighted by molar-refractivity contribution is 7.80. The Balaban J connectivity index is 1.64. The number of carbonyl (C=O) groups is 1. The molecule has 6 heteroatoms. The van der Waals surface area contributed by atoms with Crippen LogP contribution in [0.4, 0.5) is 5.69 Å². The topological polar surface area (TPSA) is 53.2 Å². The number of carbonyl (C=O) groups excluding carboxylic acids is 1. The molecule has 1 saturated carbocycles. The molecule has 0 aliphatic heterocycles. The van der Waals surface area contributed by atoms with Gasteiger partial charge in [0.25, 0.3) is 0 Å². The highest BCUT2D eigenvalue weighted by Crippen LogP contribution is 2.27. The predicted octanol–water partition coefficient (Wildman–Crippen LogP) is 4.02. The van der Waals surface area contributed by atoms with E-state index in [4.69, 9.17) is 23.8 Å². The highest BCUT2D eigenvalue weighted by atomic mass is 35.5. The summed E-state index contributed by atoms with van der Waals surface area (Å²) in [6.45, 7) is 0. The Hall–Kier alpha value is -1.33. The third-order valence-electron chi connectivity index (χ3n) is 3.90. The molecular formula is C16H22ClN3OS. The van der Waals surface area contributed by atoms with Crippen molar-refractivity contribution in [2.75, 3.05) is 5.32 Å². The average Bonchev–Trinajstić information content (AvgIpc) is 2.52. The summed E-state index contributed by atoms with van der Waals surface area (Å²) >= 11 is 11.0. The van der Waals surface area contributed by atoms with E-state index >= 15 is 0 Å². The lowest BCUT2D eigenvalue weighted by atomic mass is 9.86. The van der Waals surface area contributed by atoms with Gasteiger partial charge in [0.15, 0.2) is 5.11 Å². The van der Waals surface area contributed by atoms with Gasteiger partial charge in [0.05, 0.1) is 0 Å². The molecular weight excluding hydrogens is 318 g/mol. The molecule has 0 atom stereocenters. The number of amides is 1. The van der Waals surface area contributed by atoms with Gasteiger partial charge in [-0.1, -0.05) is 49.8 Å². The molecule has 0 saturated heterocycles. The summed E-state index contributed by atoms with van der Waals surface area (Å²) < 4.78 is 0. The van der Waals surface area contributed by atoms with Crippen LogP contribution in [0.3, 0.4) is 0 Å². The van der Waals surface area contributed by atoms with Crippen LogP contribution >= 0.6 is 23.8 Å². The Labute approximate surface area is 142 Å². The van der Waals surface area contributed by atoms with Crippen molar-refractivity contribution in [3.63, 3.8) is 0 Å². The second-order valence-corrected chi connectivity index (χ2v) is 6.53. The van der Waals surface area contributed by atoms with Gasteiger partial charge in [0.1, 0.15) is 0 Å². The number of hydrogen-bond donors (Lipinski definition) is 3. The zero-order chi connectivity index (χ0) is 15.8. The third-order valence-corrected chi connectivity index (χ3v) is 4.34. The summed E-state index contributed by atoms with van der Waals surface area (Å²) in [5, 5.41) is 3.93. The van der Waals surface area contributed by atoms with Crippen molar-refractivity contribution in [2.24, 2.45) is 5.92 Å². The van der Waals surface area contributed by atoms with E-state index < -0.39 is 0 Å². The fourth-order valence-electron chi connectivity index (χ4n) is 2.73. The quantitative estimate of drug-likeness (QED) is 0.573. The van der Waals surface area contributed by atoms with Crippen LogP contribution in [-0.4, -0.2) is 11.0 Å². The number of benzene rings is 1. The zero-order valence-electron chi connectivity index (χ0n) is 12.5. The highest BCUT2D eigenvalue weighted by Gasteiger charge is 2.14. The minimum Gasteiger partial charge on any atom is -0.331 e. The van der Waals surface area contributed by atoms with Gasteiger partial charge >= 0.3 is 0 Å². The lowest BCUT2D eigenvalue weighted by molar-refractivity contribution is -0.122. The first kappa shape index (κ1) is 17.0. The first-order valence-corrected chi connectivity index (χ1v) is 8.53. The number of thiocarbonyl (C=S) groups is 1. The van der Waals surface area contributed by atoms with Crippen molar-refractivity contribution in [1.82, 2.24) is 10.9 Å². The van der Waals surface area contributed by atoms with E-state index in [0.717, 1.165) is 12.1 Å². The number of hydrazine groups is 1. The molecule has 0 unspecified atom stereocenters. The van der Waals surface area contributed by atoms with Gasteiger partial charge in [-0.15, -0.1) is 0 Å². The molecule has 1 aliphatic carbocycles. The normalized spacial score (nSPS) is 15.1. The second-order valence-electron chi connectivity index (χ2n) is 5.68. The monoisotopic (exact) mass is 339 g/mol. The standard InChI is InChI=1S/C16H22ClN3OS/c17-13-7-4-8-14(11-13)18-16(22)20-19-15(21)10-9-12-5-2-1-3-6-12/h4,7-8,11-12H,1-3,5-6,9-10H2,(H,19,21)(H2,18,20,22). The molecule has 0 bridgehead atoms. The molecule has 4 nitrogen and oxygen atoms in total. The molecule has 0 spiro atoms. The van der Waals surface area contributed by atoms with E-state index in [1.165, 1.54) is 32.1 Å². The summed E-state index contributed by atoms with van der Waals surface area (Å²) in [6, 6.07) is 7.23. The maximum Gasteiger partial charge on any atom is 0.238 e. The lowest BCUT2D eigenvalue weighted by Crippen LogP contribution is -2.43. The number of halogens is 1. The van der Waals surface area contributed by atoms with E-state index in [1.54, 1.807) is 12.1 Å². The minimum absolute atomic E-state index is 0.0270. The molecule has 1 fully saturated rings. The second kappa shape index (κ2) is 8.96. The molecule has 1 amide bonds.